The third-order valence-corrected chi connectivity index (χ3v) is 5.23. The summed E-state index contributed by atoms with van der Waals surface area (Å²) in [5.41, 5.74) is 5.52. The highest BCUT2D eigenvalue weighted by molar-refractivity contribution is 9.10. The van der Waals surface area contributed by atoms with Gasteiger partial charge in [0.05, 0.1) is 0 Å². The van der Waals surface area contributed by atoms with Gasteiger partial charge in [-0.25, -0.2) is 0 Å². The van der Waals surface area contributed by atoms with Crippen LogP contribution in [0.2, 0.25) is 0 Å². The highest BCUT2D eigenvalue weighted by Gasteiger charge is 2.13. The third kappa shape index (κ3) is 6.94. The lowest BCUT2D eigenvalue weighted by Gasteiger charge is -2.18. The fourth-order valence-corrected chi connectivity index (χ4v) is 3.29. The van der Waals surface area contributed by atoms with E-state index in [4.69, 9.17) is 5.84 Å². The van der Waals surface area contributed by atoms with Crippen molar-refractivity contribution in [3.63, 3.8) is 0 Å². The Hall–Kier alpha value is -0.380. The summed E-state index contributed by atoms with van der Waals surface area (Å²) >= 11 is 3.68. The molecule has 3 heteroatoms. The number of nitrogens with two attached hydrogens (primary N) is 1. The molecule has 0 saturated heterocycles. The molecule has 0 aliphatic rings. The molecule has 1 atom stereocenters. The minimum atomic E-state index is 0.249. The summed E-state index contributed by atoms with van der Waals surface area (Å²) in [5.74, 6) is 5.75. The Bertz CT molecular complexity index is 393. The molecule has 0 radical (unpaired) electrons. The maximum atomic E-state index is 5.75. The number of unbranched alkanes of at least 4 members (excludes halogenated alkanes) is 7. The minimum absolute atomic E-state index is 0.249. The average Bonchev–Trinajstić information content (AvgIpc) is 2.49. The van der Waals surface area contributed by atoms with Gasteiger partial charge in [0.2, 0.25) is 0 Å². The summed E-state index contributed by atoms with van der Waals surface area (Å²) in [6.07, 6.45) is 11.9. The van der Waals surface area contributed by atoms with E-state index in [1.807, 2.05) is 0 Å². The average molecular weight is 355 g/mol. The molecule has 1 aromatic carbocycles. The molecule has 0 aliphatic heterocycles. The van der Waals surface area contributed by atoms with Gasteiger partial charge in [0.15, 0.2) is 0 Å². The van der Waals surface area contributed by atoms with Crippen LogP contribution in [0.25, 0.3) is 0 Å². The van der Waals surface area contributed by atoms with E-state index in [0.29, 0.717) is 0 Å². The van der Waals surface area contributed by atoms with Crippen LogP contribution in [0.15, 0.2) is 22.7 Å². The van der Waals surface area contributed by atoms with Crippen molar-refractivity contribution in [1.82, 2.24) is 5.43 Å². The minimum Gasteiger partial charge on any atom is -0.271 e. The Morgan fingerprint density at radius 3 is 2.29 bits per heavy atom. The maximum Gasteiger partial charge on any atom is 0.0471 e. The Morgan fingerprint density at radius 1 is 1.05 bits per heavy atom. The largest absolute Gasteiger partial charge is 0.271 e. The van der Waals surface area contributed by atoms with Gasteiger partial charge in [-0.05, 0) is 24.5 Å². The van der Waals surface area contributed by atoms with Crippen LogP contribution in [0.4, 0.5) is 0 Å². The molecule has 0 spiro atoms. The van der Waals surface area contributed by atoms with Crippen molar-refractivity contribution in [2.75, 3.05) is 0 Å². The van der Waals surface area contributed by atoms with Crippen molar-refractivity contribution in [1.29, 1.82) is 0 Å². The van der Waals surface area contributed by atoms with Crippen molar-refractivity contribution in [3.05, 3.63) is 33.8 Å². The van der Waals surface area contributed by atoms with Crippen LogP contribution < -0.4 is 11.3 Å². The van der Waals surface area contributed by atoms with E-state index in [2.05, 4.69) is 53.4 Å². The molecule has 120 valence electrons. The van der Waals surface area contributed by atoms with Gasteiger partial charge in [0.1, 0.15) is 0 Å². The van der Waals surface area contributed by atoms with Crippen molar-refractivity contribution >= 4 is 15.9 Å². The SMILES string of the molecule is CCCCCCCCCCC(NN)c1cccc(C)c1Br. The first-order chi connectivity index (χ1) is 10.2. The molecular weight excluding hydrogens is 324 g/mol. The highest BCUT2D eigenvalue weighted by atomic mass is 79.9. The molecule has 0 aliphatic carbocycles. The molecule has 0 saturated carbocycles. The fraction of sp³-hybridized carbons (Fsp3) is 0.667. The summed E-state index contributed by atoms with van der Waals surface area (Å²) in [7, 11) is 0. The number of hydrogen-bond acceptors (Lipinski definition) is 2. The lowest BCUT2D eigenvalue weighted by molar-refractivity contribution is 0.473. The Morgan fingerprint density at radius 2 is 1.67 bits per heavy atom. The second-order valence-electron chi connectivity index (χ2n) is 5.96. The zero-order chi connectivity index (χ0) is 15.5. The van der Waals surface area contributed by atoms with Crippen LogP contribution in [-0.2, 0) is 0 Å². The van der Waals surface area contributed by atoms with Crippen LogP contribution in [0.3, 0.4) is 0 Å². The van der Waals surface area contributed by atoms with Gasteiger partial charge in [-0.1, -0.05) is 92.4 Å². The van der Waals surface area contributed by atoms with Crippen molar-refractivity contribution in [3.8, 4) is 0 Å². The Balaban J connectivity index is 2.27. The van der Waals surface area contributed by atoms with E-state index in [0.717, 1.165) is 6.42 Å². The van der Waals surface area contributed by atoms with E-state index in [1.54, 1.807) is 0 Å². The molecule has 0 amide bonds. The van der Waals surface area contributed by atoms with Crippen molar-refractivity contribution in [2.45, 2.75) is 77.7 Å². The van der Waals surface area contributed by atoms with Gasteiger partial charge in [0, 0.05) is 10.5 Å². The number of benzene rings is 1. The first-order valence-corrected chi connectivity index (χ1v) is 9.21. The topological polar surface area (TPSA) is 38.0 Å². The predicted octanol–water partition coefficient (Wildman–Crippen LogP) is 5.79. The molecule has 0 heterocycles. The van der Waals surface area contributed by atoms with Gasteiger partial charge in [0.25, 0.3) is 0 Å². The van der Waals surface area contributed by atoms with Crippen LogP contribution in [-0.4, -0.2) is 0 Å². The fourth-order valence-electron chi connectivity index (χ4n) is 2.75. The molecule has 3 N–H and O–H groups in total. The lowest BCUT2D eigenvalue weighted by Crippen LogP contribution is -2.28. The van der Waals surface area contributed by atoms with Crippen molar-refractivity contribution < 1.29 is 0 Å². The molecule has 1 aromatic rings. The number of nitrogens with one attached hydrogen (secondary N) is 1. The molecule has 0 fully saturated rings. The summed E-state index contributed by atoms with van der Waals surface area (Å²) in [6, 6.07) is 6.64. The first-order valence-electron chi connectivity index (χ1n) is 8.41. The van der Waals surface area contributed by atoms with Crippen LogP contribution in [0.5, 0.6) is 0 Å². The van der Waals surface area contributed by atoms with Gasteiger partial charge >= 0.3 is 0 Å². The number of halogens is 1. The first kappa shape index (κ1) is 18.7. The van der Waals surface area contributed by atoms with Crippen LogP contribution in [0, 0.1) is 6.92 Å². The molecule has 2 nitrogen and oxygen atoms in total. The zero-order valence-corrected chi connectivity index (χ0v) is 15.2. The third-order valence-electron chi connectivity index (χ3n) is 4.14. The van der Waals surface area contributed by atoms with E-state index < -0.39 is 0 Å². The Kier molecular flexibility index (Phi) is 9.98. The van der Waals surface area contributed by atoms with E-state index in [-0.39, 0.29) is 6.04 Å². The molecule has 0 bridgehead atoms. The molecule has 1 rings (SSSR count). The molecular formula is C18H31BrN2. The monoisotopic (exact) mass is 354 g/mol. The summed E-state index contributed by atoms with van der Waals surface area (Å²) < 4.78 is 1.19. The molecule has 0 aromatic heterocycles. The van der Waals surface area contributed by atoms with E-state index in [9.17, 15) is 0 Å². The van der Waals surface area contributed by atoms with Gasteiger partial charge in [-0.15, -0.1) is 0 Å². The standard InChI is InChI=1S/C18H31BrN2/c1-3-4-5-6-7-8-9-10-14-17(21-20)16-13-11-12-15(2)18(16)19/h11-13,17,21H,3-10,14,20H2,1-2H3. The van der Waals surface area contributed by atoms with Gasteiger partial charge < -0.3 is 0 Å². The normalized spacial score (nSPS) is 12.6. The lowest BCUT2D eigenvalue weighted by atomic mass is 9.98. The summed E-state index contributed by atoms with van der Waals surface area (Å²) in [4.78, 5) is 0. The van der Waals surface area contributed by atoms with Crippen LogP contribution >= 0.6 is 15.9 Å². The number of rotatable bonds is 11. The number of hydrazine groups is 1. The molecule has 21 heavy (non-hydrogen) atoms. The van der Waals surface area contributed by atoms with Gasteiger partial charge in [-0.3, -0.25) is 11.3 Å². The van der Waals surface area contributed by atoms with E-state index >= 15 is 0 Å². The summed E-state index contributed by atoms with van der Waals surface area (Å²) in [5, 5.41) is 0. The van der Waals surface area contributed by atoms with Crippen LogP contribution in [0.1, 0.15) is 81.9 Å². The highest BCUT2D eigenvalue weighted by Crippen LogP contribution is 2.29. The smallest absolute Gasteiger partial charge is 0.0471 e. The zero-order valence-electron chi connectivity index (χ0n) is 13.6. The number of aryl methyl sites for hydroxylation is 1. The number of hydrogen-bond donors (Lipinski definition) is 2. The second kappa shape index (κ2) is 11.2. The Labute approximate surface area is 139 Å². The van der Waals surface area contributed by atoms with Crippen molar-refractivity contribution in [2.24, 2.45) is 5.84 Å². The quantitative estimate of drug-likeness (QED) is 0.299. The summed E-state index contributed by atoms with van der Waals surface area (Å²) in [6.45, 7) is 4.39. The maximum absolute atomic E-state index is 5.75. The van der Waals surface area contributed by atoms with Gasteiger partial charge in [-0.2, -0.15) is 0 Å². The molecule has 1 unspecified atom stereocenters. The second-order valence-corrected chi connectivity index (χ2v) is 6.75. The predicted molar refractivity (Wildman–Crippen MR) is 96.2 cm³/mol. The van der Waals surface area contributed by atoms with E-state index in [1.165, 1.54) is 67.0 Å².